The van der Waals surface area contributed by atoms with Crippen LogP contribution in [-0.4, -0.2) is 29.8 Å². The Labute approximate surface area is 139 Å². The van der Waals surface area contributed by atoms with E-state index in [0.717, 1.165) is 10.6 Å². The maximum absolute atomic E-state index is 11.7. The van der Waals surface area contributed by atoms with Gasteiger partial charge in [0.2, 0.25) is 11.0 Å². The van der Waals surface area contributed by atoms with E-state index >= 15 is 0 Å². The number of nitrogens with one attached hydrogen (secondary N) is 2. The first-order valence-electron chi connectivity index (χ1n) is 7.26. The molecule has 0 saturated heterocycles. The topological polar surface area (TPSA) is 85.4 Å². The molecule has 8 heteroatoms. The van der Waals surface area contributed by atoms with Crippen LogP contribution in [-0.2, 0) is 27.5 Å². The number of rotatable bonds is 10. The van der Waals surface area contributed by atoms with Crippen molar-refractivity contribution in [3.05, 3.63) is 40.9 Å². The number of amides is 1. The standard InChI is InChI=1S/C15H20N4O3S/c1-21-11-14-17-19-15(23-14)18-16-13(20)8-5-9-22-10-12-6-3-2-4-7-12/h2-4,6-7H,5,8-11H2,1H3,(H,16,20)(H,18,19). The highest BCUT2D eigenvalue weighted by Gasteiger charge is 2.05. The van der Waals surface area contributed by atoms with Crippen LogP contribution in [0.25, 0.3) is 0 Å². The number of hydrazine groups is 1. The highest BCUT2D eigenvalue weighted by molar-refractivity contribution is 7.15. The summed E-state index contributed by atoms with van der Waals surface area (Å²) < 4.78 is 10.5. The van der Waals surface area contributed by atoms with Gasteiger partial charge in [0, 0.05) is 20.1 Å². The maximum atomic E-state index is 11.7. The predicted octanol–water partition coefficient (Wildman–Crippen LogP) is 2.12. The molecule has 0 spiro atoms. The van der Waals surface area contributed by atoms with Gasteiger partial charge in [-0.3, -0.25) is 15.6 Å². The van der Waals surface area contributed by atoms with E-state index in [1.54, 1.807) is 7.11 Å². The second kappa shape index (κ2) is 9.88. The average molecular weight is 336 g/mol. The second-order valence-corrected chi connectivity index (χ2v) is 5.81. The van der Waals surface area contributed by atoms with E-state index in [4.69, 9.17) is 9.47 Å². The van der Waals surface area contributed by atoms with E-state index in [9.17, 15) is 4.79 Å². The van der Waals surface area contributed by atoms with E-state index in [2.05, 4.69) is 21.0 Å². The minimum Gasteiger partial charge on any atom is -0.377 e. The van der Waals surface area contributed by atoms with Crippen molar-refractivity contribution in [3.8, 4) is 0 Å². The minimum absolute atomic E-state index is 0.114. The molecule has 0 fully saturated rings. The van der Waals surface area contributed by atoms with Gasteiger partial charge in [0.1, 0.15) is 11.6 Å². The smallest absolute Gasteiger partial charge is 0.238 e. The van der Waals surface area contributed by atoms with E-state index in [-0.39, 0.29) is 5.91 Å². The third-order valence-electron chi connectivity index (χ3n) is 2.85. The van der Waals surface area contributed by atoms with Gasteiger partial charge in [0.15, 0.2) is 0 Å². The predicted molar refractivity (Wildman–Crippen MR) is 87.7 cm³/mol. The van der Waals surface area contributed by atoms with Crippen LogP contribution in [0.5, 0.6) is 0 Å². The molecule has 0 saturated carbocycles. The lowest BCUT2D eigenvalue weighted by Gasteiger charge is -2.06. The van der Waals surface area contributed by atoms with Crippen molar-refractivity contribution in [1.29, 1.82) is 0 Å². The van der Waals surface area contributed by atoms with Gasteiger partial charge in [-0.1, -0.05) is 41.7 Å². The summed E-state index contributed by atoms with van der Waals surface area (Å²) in [4.78, 5) is 11.7. The van der Waals surface area contributed by atoms with Crippen molar-refractivity contribution >= 4 is 22.4 Å². The Hall–Kier alpha value is -2.03. The average Bonchev–Trinajstić information content (AvgIpc) is 3.02. The van der Waals surface area contributed by atoms with Crippen molar-refractivity contribution in [1.82, 2.24) is 15.6 Å². The van der Waals surface area contributed by atoms with Crippen molar-refractivity contribution < 1.29 is 14.3 Å². The number of hydrogen-bond acceptors (Lipinski definition) is 7. The van der Waals surface area contributed by atoms with Gasteiger partial charge in [-0.05, 0) is 12.0 Å². The van der Waals surface area contributed by atoms with Crippen molar-refractivity contribution in [2.24, 2.45) is 0 Å². The van der Waals surface area contributed by atoms with Gasteiger partial charge >= 0.3 is 0 Å². The summed E-state index contributed by atoms with van der Waals surface area (Å²) in [5.41, 5.74) is 6.45. The van der Waals surface area contributed by atoms with Crippen LogP contribution in [0.2, 0.25) is 0 Å². The van der Waals surface area contributed by atoms with Crippen LogP contribution < -0.4 is 10.9 Å². The molecule has 0 aliphatic heterocycles. The molecule has 0 bridgehead atoms. The first-order chi connectivity index (χ1) is 11.3. The molecule has 2 rings (SSSR count). The Balaban J connectivity index is 1.54. The van der Waals surface area contributed by atoms with E-state index in [1.165, 1.54) is 11.3 Å². The van der Waals surface area contributed by atoms with E-state index < -0.39 is 0 Å². The van der Waals surface area contributed by atoms with Gasteiger partial charge in [0.05, 0.1) is 6.61 Å². The van der Waals surface area contributed by atoms with Crippen molar-refractivity contribution in [3.63, 3.8) is 0 Å². The fourth-order valence-electron chi connectivity index (χ4n) is 1.77. The SMILES string of the molecule is COCc1nnc(NNC(=O)CCCOCc2ccccc2)s1. The number of carbonyl (C=O) groups is 1. The second-order valence-electron chi connectivity index (χ2n) is 4.75. The van der Waals surface area contributed by atoms with Gasteiger partial charge in [0.25, 0.3) is 0 Å². The third kappa shape index (κ3) is 6.72. The van der Waals surface area contributed by atoms with Gasteiger partial charge in [-0.25, -0.2) is 0 Å². The largest absolute Gasteiger partial charge is 0.377 e. The first-order valence-corrected chi connectivity index (χ1v) is 8.07. The lowest BCUT2D eigenvalue weighted by Crippen LogP contribution is -2.29. The lowest BCUT2D eigenvalue weighted by molar-refractivity contribution is -0.120. The number of aromatic nitrogens is 2. The summed E-state index contributed by atoms with van der Waals surface area (Å²) in [7, 11) is 1.59. The Kier molecular flexibility index (Phi) is 7.44. The summed E-state index contributed by atoms with van der Waals surface area (Å²) in [6.45, 7) is 1.51. The molecule has 0 unspecified atom stereocenters. The molecule has 0 radical (unpaired) electrons. The highest BCUT2D eigenvalue weighted by atomic mass is 32.1. The number of hydrogen-bond donors (Lipinski definition) is 2. The van der Waals surface area contributed by atoms with E-state index in [0.29, 0.717) is 37.8 Å². The number of carbonyl (C=O) groups excluding carboxylic acids is 1. The zero-order chi connectivity index (χ0) is 16.3. The maximum Gasteiger partial charge on any atom is 0.238 e. The molecule has 124 valence electrons. The number of nitrogens with zero attached hydrogens (tertiary/aromatic N) is 2. The zero-order valence-electron chi connectivity index (χ0n) is 12.9. The van der Waals surface area contributed by atoms with Crippen LogP contribution >= 0.6 is 11.3 Å². The Morgan fingerprint density at radius 3 is 2.83 bits per heavy atom. The van der Waals surface area contributed by atoms with E-state index in [1.807, 2.05) is 30.3 Å². The fourth-order valence-corrected chi connectivity index (χ4v) is 2.44. The van der Waals surface area contributed by atoms with Crippen LogP contribution in [0.4, 0.5) is 5.13 Å². The van der Waals surface area contributed by atoms with Crippen LogP contribution in [0, 0.1) is 0 Å². The molecule has 1 aromatic heterocycles. The minimum atomic E-state index is -0.114. The number of benzene rings is 1. The summed E-state index contributed by atoms with van der Waals surface area (Å²) >= 11 is 1.33. The van der Waals surface area contributed by atoms with Crippen molar-refractivity contribution in [2.75, 3.05) is 19.1 Å². The Morgan fingerprint density at radius 2 is 2.04 bits per heavy atom. The molecule has 0 aliphatic rings. The Morgan fingerprint density at radius 1 is 1.22 bits per heavy atom. The van der Waals surface area contributed by atoms with Gasteiger partial charge in [-0.2, -0.15) is 0 Å². The molecular formula is C15H20N4O3S. The number of anilines is 1. The molecular weight excluding hydrogens is 316 g/mol. The summed E-state index contributed by atoms with van der Waals surface area (Å²) in [6.07, 6.45) is 1.04. The normalized spacial score (nSPS) is 10.5. The van der Waals surface area contributed by atoms with Crippen molar-refractivity contribution in [2.45, 2.75) is 26.1 Å². The zero-order valence-corrected chi connectivity index (χ0v) is 13.8. The molecule has 1 amide bonds. The van der Waals surface area contributed by atoms with Gasteiger partial charge in [-0.15, -0.1) is 10.2 Å². The molecule has 7 nitrogen and oxygen atoms in total. The number of methoxy groups -OCH3 is 1. The van der Waals surface area contributed by atoms with Crippen LogP contribution in [0.15, 0.2) is 30.3 Å². The quantitative estimate of drug-likeness (QED) is 0.511. The molecule has 2 N–H and O–H groups in total. The molecule has 0 aliphatic carbocycles. The fraction of sp³-hybridized carbons (Fsp3) is 0.400. The molecule has 1 heterocycles. The monoisotopic (exact) mass is 336 g/mol. The highest BCUT2D eigenvalue weighted by Crippen LogP contribution is 2.14. The molecule has 1 aromatic carbocycles. The van der Waals surface area contributed by atoms with Crippen LogP contribution in [0.3, 0.4) is 0 Å². The summed E-state index contributed by atoms with van der Waals surface area (Å²) in [5, 5.41) is 9.08. The summed E-state index contributed by atoms with van der Waals surface area (Å²) in [6, 6.07) is 9.94. The van der Waals surface area contributed by atoms with Crippen LogP contribution in [0.1, 0.15) is 23.4 Å². The third-order valence-corrected chi connectivity index (χ3v) is 3.66. The Bertz CT molecular complexity index is 591. The lowest BCUT2D eigenvalue weighted by atomic mass is 10.2. The van der Waals surface area contributed by atoms with Gasteiger partial charge < -0.3 is 9.47 Å². The number of ether oxygens (including phenoxy) is 2. The molecule has 23 heavy (non-hydrogen) atoms. The molecule has 2 aromatic rings. The summed E-state index contributed by atoms with van der Waals surface area (Å²) in [5.74, 6) is -0.114. The first kappa shape index (κ1) is 17.3. The molecule has 0 atom stereocenters.